The molecule has 116 valence electrons. The van der Waals surface area contributed by atoms with E-state index in [1.54, 1.807) is 24.3 Å². The average molecular weight is 325 g/mol. The summed E-state index contributed by atoms with van der Waals surface area (Å²) < 4.78 is 4.32. The second kappa shape index (κ2) is 5.70. The highest BCUT2D eigenvalue weighted by molar-refractivity contribution is 7.06. The molecule has 6 heteroatoms. The van der Waals surface area contributed by atoms with Crippen LogP contribution >= 0.6 is 11.5 Å². The number of fused-ring (bicyclic) bond motifs is 1. The van der Waals surface area contributed by atoms with Crippen LogP contribution in [0.25, 0.3) is 10.8 Å². The van der Waals surface area contributed by atoms with Gasteiger partial charge in [0, 0.05) is 15.6 Å². The molecular formula is C17H15N3O2S. The summed E-state index contributed by atoms with van der Waals surface area (Å²) in [6.45, 7) is 0. The van der Waals surface area contributed by atoms with Crippen LogP contribution in [0, 0.1) is 0 Å². The molecular weight excluding hydrogens is 310 g/mol. The van der Waals surface area contributed by atoms with Gasteiger partial charge < -0.3 is 0 Å². The number of anilines is 1. The highest BCUT2D eigenvalue weighted by atomic mass is 32.1. The van der Waals surface area contributed by atoms with E-state index in [2.05, 4.69) is 14.9 Å². The second-order valence-electron chi connectivity index (χ2n) is 5.87. The van der Waals surface area contributed by atoms with Crippen LogP contribution < -0.4 is 21.6 Å². The lowest BCUT2D eigenvalue weighted by atomic mass is 10.1. The van der Waals surface area contributed by atoms with Crippen LogP contribution in [-0.2, 0) is 0 Å². The normalized spacial score (nSPS) is 15.3. The van der Waals surface area contributed by atoms with Crippen LogP contribution in [0.15, 0.2) is 45.0 Å². The average Bonchev–Trinajstić information content (AvgIpc) is 3.29. The minimum Gasteiger partial charge on any atom is -0.287 e. The fraction of sp³-hybridized carbons (Fsp3) is 0.294. The van der Waals surface area contributed by atoms with Crippen molar-refractivity contribution in [3.63, 3.8) is 0 Å². The van der Waals surface area contributed by atoms with Crippen molar-refractivity contribution in [1.82, 2.24) is 4.37 Å². The van der Waals surface area contributed by atoms with E-state index in [1.807, 2.05) is 6.07 Å². The molecule has 0 amide bonds. The lowest BCUT2D eigenvalue weighted by molar-refractivity contribution is 0.738. The lowest BCUT2D eigenvalue weighted by Gasteiger charge is -2.02. The molecule has 5 nitrogen and oxygen atoms in total. The maximum Gasteiger partial charge on any atom is 0.217 e. The fourth-order valence-electron chi connectivity index (χ4n) is 3.20. The van der Waals surface area contributed by atoms with Crippen molar-refractivity contribution in [3.05, 3.63) is 61.0 Å². The van der Waals surface area contributed by atoms with Gasteiger partial charge >= 0.3 is 0 Å². The van der Waals surface area contributed by atoms with Crippen molar-refractivity contribution >= 4 is 28.1 Å². The maximum atomic E-state index is 12.2. The van der Waals surface area contributed by atoms with Gasteiger partial charge in [-0.1, -0.05) is 37.1 Å². The Balaban J connectivity index is 1.67. The van der Waals surface area contributed by atoms with E-state index in [4.69, 9.17) is 0 Å². The van der Waals surface area contributed by atoms with E-state index in [0.29, 0.717) is 22.5 Å². The summed E-state index contributed by atoms with van der Waals surface area (Å²) in [6, 6.07) is 8.77. The molecule has 0 aliphatic heterocycles. The first kappa shape index (κ1) is 14.3. The third kappa shape index (κ3) is 2.49. The molecule has 0 radical (unpaired) electrons. The number of benzene rings is 1. The van der Waals surface area contributed by atoms with Gasteiger partial charge in [0.05, 0.1) is 0 Å². The molecule has 0 saturated heterocycles. The molecule has 23 heavy (non-hydrogen) atoms. The van der Waals surface area contributed by atoms with Gasteiger partial charge in [-0.2, -0.15) is 9.47 Å². The summed E-state index contributed by atoms with van der Waals surface area (Å²) in [5.74, 6) is 1.19. The highest BCUT2D eigenvalue weighted by Crippen LogP contribution is 2.36. The first-order valence-corrected chi connectivity index (χ1v) is 8.50. The largest absolute Gasteiger partial charge is 0.287 e. The summed E-state index contributed by atoms with van der Waals surface area (Å²) >= 11 is 1.47. The Labute approximate surface area is 136 Å². The van der Waals surface area contributed by atoms with E-state index >= 15 is 0 Å². The van der Waals surface area contributed by atoms with Gasteiger partial charge in [-0.05, 0) is 36.4 Å². The number of aromatic nitrogens is 1. The molecule has 0 spiro atoms. The summed E-state index contributed by atoms with van der Waals surface area (Å²) in [5.41, 5.74) is 2.11. The quantitative estimate of drug-likeness (QED) is 0.751. The molecule has 0 unspecified atom stereocenters. The molecule has 2 aromatic carbocycles. The predicted octanol–water partition coefficient (Wildman–Crippen LogP) is 2.48. The minimum absolute atomic E-state index is 0.0679. The van der Waals surface area contributed by atoms with Crippen molar-refractivity contribution in [2.45, 2.75) is 31.6 Å². The first-order chi connectivity index (χ1) is 11.2. The Hall–Kier alpha value is -2.34. The second-order valence-corrected chi connectivity index (χ2v) is 6.71. The van der Waals surface area contributed by atoms with E-state index < -0.39 is 0 Å². The molecule has 3 aromatic rings. The zero-order valence-electron chi connectivity index (χ0n) is 12.4. The van der Waals surface area contributed by atoms with E-state index in [1.165, 1.54) is 42.1 Å². The summed E-state index contributed by atoms with van der Waals surface area (Å²) in [5, 5.41) is 4.79. The number of nitrogens with zero attached hydrogens (tertiary/aromatic N) is 2. The molecule has 1 heterocycles. The van der Waals surface area contributed by atoms with Gasteiger partial charge in [-0.25, -0.2) is 0 Å². The standard InChI is InChI=1S/C17H15N3O2S/c21-16-11-7-3-4-8-12(11)17(22)15(16)19-18-14-9-13(23-20-14)10-5-1-2-6-10/h3-4,7-10H,1-2,5-6H2,(H,18,20). The van der Waals surface area contributed by atoms with E-state index in [9.17, 15) is 9.59 Å². The molecule has 1 fully saturated rings. The topological polar surface area (TPSA) is 71.4 Å². The Morgan fingerprint density at radius 3 is 2.39 bits per heavy atom. The van der Waals surface area contributed by atoms with Gasteiger partial charge in [-0.15, -0.1) is 0 Å². The molecule has 1 aliphatic rings. The molecule has 1 aromatic heterocycles. The van der Waals surface area contributed by atoms with Crippen LogP contribution in [-0.4, -0.2) is 4.37 Å². The van der Waals surface area contributed by atoms with Crippen molar-refractivity contribution in [3.8, 4) is 0 Å². The summed E-state index contributed by atoms with van der Waals surface area (Å²) in [6.07, 6.45) is 4.97. The SMILES string of the molecule is O=c1c(=NNc2cc(C3CCCC3)sn2)c(=O)c2ccccc12. The van der Waals surface area contributed by atoms with Gasteiger partial charge in [0.2, 0.25) is 10.9 Å². The minimum atomic E-state index is -0.329. The first-order valence-electron chi connectivity index (χ1n) is 7.73. The van der Waals surface area contributed by atoms with E-state index in [0.717, 1.165) is 0 Å². The summed E-state index contributed by atoms with van der Waals surface area (Å²) in [7, 11) is 0. The van der Waals surface area contributed by atoms with Crippen LogP contribution in [0.2, 0.25) is 0 Å². The lowest BCUT2D eigenvalue weighted by Crippen LogP contribution is -2.32. The molecule has 0 atom stereocenters. The Bertz CT molecular complexity index is 959. The molecule has 1 aliphatic carbocycles. The smallest absolute Gasteiger partial charge is 0.217 e. The Morgan fingerprint density at radius 1 is 1.09 bits per heavy atom. The fourth-order valence-corrected chi connectivity index (χ4v) is 4.04. The Morgan fingerprint density at radius 2 is 1.74 bits per heavy atom. The molecule has 4 rings (SSSR count). The Kier molecular flexibility index (Phi) is 3.53. The van der Waals surface area contributed by atoms with Gasteiger partial charge in [-0.3, -0.25) is 15.0 Å². The van der Waals surface area contributed by atoms with Crippen molar-refractivity contribution in [1.29, 1.82) is 0 Å². The van der Waals surface area contributed by atoms with Gasteiger partial charge in [0.25, 0.3) is 0 Å². The monoisotopic (exact) mass is 325 g/mol. The maximum absolute atomic E-state index is 12.2. The van der Waals surface area contributed by atoms with Crippen molar-refractivity contribution < 1.29 is 0 Å². The molecule has 0 bridgehead atoms. The third-order valence-corrected chi connectivity index (χ3v) is 5.36. The third-order valence-electron chi connectivity index (χ3n) is 4.41. The zero-order valence-corrected chi connectivity index (χ0v) is 13.2. The van der Waals surface area contributed by atoms with Gasteiger partial charge in [0.15, 0.2) is 11.2 Å². The number of rotatable bonds is 3. The number of nitrogens with one attached hydrogen (secondary N) is 1. The van der Waals surface area contributed by atoms with E-state index in [-0.39, 0.29) is 16.2 Å². The van der Waals surface area contributed by atoms with Crippen LogP contribution in [0.5, 0.6) is 0 Å². The summed E-state index contributed by atoms with van der Waals surface area (Å²) in [4.78, 5) is 25.7. The van der Waals surface area contributed by atoms with Crippen molar-refractivity contribution in [2.24, 2.45) is 5.10 Å². The number of hydrogen-bond acceptors (Lipinski definition) is 6. The van der Waals surface area contributed by atoms with Crippen molar-refractivity contribution in [2.75, 3.05) is 5.43 Å². The zero-order chi connectivity index (χ0) is 15.8. The predicted molar refractivity (Wildman–Crippen MR) is 91.4 cm³/mol. The van der Waals surface area contributed by atoms with Crippen LogP contribution in [0.4, 0.5) is 5.82 Å². The molecule has 1 N–H and O–H groups in total. The number of hydrogen-bond donors (Lipinski definition) is 1. The molecule has 1 saturated carbocycles. The van der Waals surface area contributed by atoms with Gasteiger partial charge in [0.1, 0.15) is 0 Å². The highest BCUT2D eigenvalue weighted by Gasteiger charge is 2.19. The van der Waals surface area contributed by atoms with Crippen LogP contribution in [0.1, 0.15) is 36.5 Å². The van der Waals surface area contributed by atoms with Crippen LogP contribution in [0.3, 0.4) is 0 Å².